The fraction of sp³-hybridized carbons (Fsp3) is 0.357. The molecule has 19 heavy (non-hydrogen) atoms. The molecule has 0 fully saturated rings. The molecule has 0 spiro atoms. The highest BCUT2D eigenvalue weighted by molar-refractivity contribution is 5.95. The lowest BCUT2D eigenvalue weighted by Gasteiger charge is -2.03. The molecule has 0 saturated carbocycles. The molecule has 2 N–H and O–H groups in total. The average molecular weight is 258 g/mol. The normalized spacial score (nSPS) is 10.6. The van der Waals surface area contributed by atoms with Gasteiger partial charge in [-0.25, -0.2) is 0 Å². The van der Waals surface area contributed by atoms with Gasteiger partial charge in [-0.1, -0.05) is 6.92 Å². The van der Waals surface area contributed by atoms with Gasteiger partial charge in [-0.15, -0.1) is 0 Å². The predicted molar refractivity (Wildman–Crippen MR) is 74.0 cm³/mol. The van der Waals surface area contributed by atoms with Crippen molar-refractivity contribution in [2.75, 3.05) is 5.73 Å². The maximum atomic E-state index is 12.1. The Bertz CT molecular complexity index is 572. The van der Waals surface area contributed by atoms with E-state index in [1.54, 1.807) is 12.1 Å². The van der Waals surface area contributed by atoms with E-state index in [2.05, 4.69) is 17.0 Å². The molecule has 2 aromatic heterocycles. The van der Waals surface area contributed by atoms with E-state index in [9.17, 15) is 4.79 Å². The van der Waals surface area contributed by atoms with Crippen molar-refractivity contribution in [1.82, 2.24) is 14.8 Å². The summed E-state index contributed by atoms with van der Waals surface area (Å²) in [5.74, 6) is -0.0164. The molecule has 5 heteroatoms. The monoisotopic (exact) mass is 258 g/mol. The molecule has 0 atom stereocenters. The molecule has 100 valence electrons. The highest BCUT2D eigenvalue weighted by Gasteiger charge is 2.13. The van der Waals surface area contributed by atoms with Crippen LogP contribution in [0.4, 0.5) is 5.69 Å². The number of carbonyl (C=O) groups is 1. The van der Waals surface area contributed by atoms with Gasteiger partial charge in [0.2, 0.25) is 0 Å². The number of anilines is 1. The zero-order chi connectivity index (χ0) is 13.8. The van der Waals surface area contributed by atoms with Crippen molar-refractivity contribution in [2.24, 2.45) is 0 Å². The van der Waals surface area contributed by atoms with Crippen molar-refractivity contribution in [3.05, 3.63) is 41.5 Å². The Labute approximate surface area is 112 Å². The van der Waals surface area contributed by atoms with Gasteiger partial charge in [0.25, 0.3) is 0 Å². The number of nitrogens with two attached hydrogens (primary N) is 1. The van der Waals surface area contributed by atoms with Crippen LogP contribution in [0.5, 0.6) is 0 Å². The van der Waals surface area contributed by atoms with Crippen LogP contribution in [0.25, 0.3) is 0 Å². The Morgan fingerprint density at radius 3 is 2.74 bits per heavy atom. The molecule has 0 aromatic carbocycles. The molecular formula is C14H18N4O. The van der Waals surface area contributed by atoms with Crippen LogP contribution >= 0.6 is 0 Å². The number of aromatic nitrogens is 3. The summed E-state index contributed by atoms with van der Waals surface area (Å²) in [6.45, 7) is 4.83. The zero-order valence-electron chi connectivity index (χ0n) is 11.3. The number of carbonyl (C=O) groups excluding carboxylic acids is 1. The molecule has 0 aliphatic rings. The van der Waals surface area contributed by atoms with Gasteiger partial charge in [0.1, 0.15) is 5.69 Å². The van der Waals surface area contributed by atoms with Gasteiger partial charge in [0.05, 0.1) is 24.0 Å². The van der Waals surface area contributed by atoms with Gasteiger partial charge < -0.3 is 5.73 Å². The van der Waals surface area contributed by atoms with Crippen LogP contribution in [0.15, 0.2) is 24.4 Å². The number of nitrogens with zero attached hydrogens (tertiary/aromatic N) is 3. The van der Waals surface area contributed by atoms with E-state index in [1.807, 2.05) is 17.7 Å². The van der Waals surface area contributed by atoms with Crippen molar-refractivity contribution in [3.8, 4) is 0 Å². The van der Waals surface area contributed by atoms with Crippen LogP contribution in [0.1, 0.15) is 35.7 Å². The lowest BCUT2D eigenvalue weighted by Crippen LogP contribution is -2.11. The maximum Gasteiger partial charge on any atom is 0.187 e. The van der Waals surface area contributed by atoms with E-state index in [4.69, 9.17) is 5.73 Å². The maximum absolute atomic E-state index is 12.1. The summed E-state index contributed by atoms with van der Waals surface area (Å²) >= 11 is 0. The van der Waals surface area contributed by atoms with E-state index < -0.39 is 0 Å². The van der Waals surface area contributed by atoms with E-state index in [1.165, 1.54) is 6.20 Å². The van der Waals surface area contributed by atoms with E-state index in [0.717, 1.165) is 24.4 Å². The molecule has 2 rings (SSSR count). The van der Waals surface area contributed by atoms with Crippen LogP contribution < -0.4 is 5.73 Å². The Morgan fingerprint density at radius 2 is 2.16 bits per heavy atom. The summed E-state index contributed by atoms with van der Waals surface area (Å²) in [6.07, 6.45) is 2.69. The largest absolute Gasteiger partial charge is 0.397 e. The number of pyridine rings is 1. The molecular weight excluding hydrogens is 240 g/mol. The molecule has 0 saturated heterocycles. The number of hydrogen-bond donors (Lipinski definition) is 1. The standard InChI is InChI=1S/C14H18N4O/c1-3-11-7-12(18(4-2)17-11)8-14(19)13-6-5-10(15)9-16-13/h5-7,9H,3-4,8,15H2,1-2H3. The first kappa shape index (κ1) is 13.3. The van der Waals surface area contributed by atoms with Crippen molar-refractivity contribution in [3.63, 3.8) is 0 Å². The summed E-state index contributed by atoms with van der Waals surface area (Å²) in [6, 6.07) is 5.33. The third kappa shape index (κ3) is 2.99. The molecule has 0 amide bonds. The van der Waals surface area contributed by atoms with Crippen LogP contribution in [0.2, 0.25) is 0 Å². The highest BCUT2D eigenvalue weighted by Crippen LogP contribution is 2.10. The first-order valence-corrected chi connectivity index (χ1v) is 6.44. The van der Waals surface area contributed by atoms with E-state index >= 15 is 0 Å². The molecule has 5 nitrogen and oxygen atoms in total. The predicted octanol–water partition coefficient (Wildman–Crippen LogP) is 1.87. The summed E-state index contributed by atoms with van der Waals surface area (Å²) < 4.78 is 1.87. The third-order valence-electron chi connectivity index (χ3n) is 2.99. The van der Waals surface area contributed by atoms with Gasteiger partial charge in [0, 0.05) is 12.2 Å². The highest BCUT2D eigenvalue weighted by atomic mass is 16.1. The van der Waals surface area contributed by atoms with E-state index in [-0.39, 0.29) is 5.78 Å². The van der Waals surface area contributed by atoms with Gasteiger partial charge in [-0.2, -0.15) is 5.10 Å². The smallest absolute Gasteiger partial charge is 0.187 e. The quantitative estimate of drug-likeness (QED) is 0.831. The number of hydrogen-bond acceptors (Lipinski definition) is 4. The Kier molecular flexibility index (Phi) is 3.94. The summed E-state index contributed by atoms with van der Waals surface area (Å²) in [7, 11) is 0. The zero-order valence-corrected chi connectivity index (χ0v) is 11.3. The number of nitrogen functional groups attached to an aromatic ring is 1. The first-order chi connectivity index (χ1) is 9.13. The average Bonchev–Trinajstić information content (AvgIpc) is 2.81. The number of rotatable bonds is 5. The Hall–Kier alpha value is -2.17. The molecule has 2 aromatic rings. The second-order valence-electron chi connectivity index (χ2n) is 4.37. The molecule has 0 bridgehead atoms. The second-order valence-corrected chi connectivity index (χ2v) is 4.37. The lowest BCUT2D eigenvalue weighted by molar-refractivity contribution is 0.0986. The Balaban J connectivity index is 2.18. The summed E-state index contributed by atoms with van der Waals surface area (Å²) in [5, 5.41) is 4.43. The topological polar surface area (TPSA) is 73.8 Å². The van der Waals surface area contributed by atoms with Gasteiger partial charge in [0.15, 0.2) is 5.78 Å². The first-order valence-electron chi connectivity index (χ1n) is 6.44. The molecule has 0 radical (unpaired) electrons. The summed E-state index contributed by atoms with van der Waals surface area (Å²) in [4.78, 5) is 16.2. The van der Waals surface area contributed by atoms with Crippen molar-refractivity contribution < 1.29 is 4.79 Å². The molecule has 0 unspecified atom stereocenters. The van der Waals surface area contributed by atoms with Crippen molar-refractivity contribution in [1.29, 1.82) is 0 Å². The van der Waals surface area contributed by atoms with Crippen LogP contribution in [0, 0.1) is 0 Å². The Morgan fingerprint density at radius 1 is 1.37 bits per heavy atom. The van der Waals surface area contributed by atoms with Gasteiger partial charge in [-0.05, 0) is 31.5 Å². The van der Waals surface area contributed by atoms with E-state index in [0.29, 0.717) is 17.8 Å². The molecule has 2 heterocycles. The molecule has 0 aliphatic heterocycles. The molecule has 0 aliphatic carbocycles. The van der Waals surface area contributed by atoms with Crippen molar-refractivity contribution in [2.45, 2.75) is 33.2 Å². The minimum atomic E-state index is -0.0164. The number of Topliss-reactive ketones (excluding diaryl/α,β-unsaturated/α-hetero) is 1. The van der Waals surface area contributed by atoms with Crippen molar-refractivity contribution >= 4 is 11.5 Å². The number of aryl methyl sites for hydroxylation is 2. The van der Waals surface area contributed by atoms with Crippen LogP contribution in [-0.4, -0.2) is 20.5 Å². The lowest BCUT2D eigenvalue weighted by atomic mass is 10.1. The fourth-order valence-corrected chi connectivity index (χ4v) is 1.93. The van der Waals surface area contributed by atoms with Gasteiger partial charge in [-0.3, -0.25) is 14.5 Å². The minimum Gasteiger partial charge on any atom is -0.397 e. The van der Waals surface area contributed by atoms with Crippen LogP contribution in [-0.2, 0) is 19.4 Å². The second kappa shape index (κ2) is 5.65. The fourth-order valence-electron chi connectivity index (χ4n) is 1.93. The number of ketones is 1. The van der Waals surface area contributed by atoms with Gasteiger partial charge >= 0.3 is 0 Å². The SMILES string of the molecule is CCc1cc(CC(=O)c2ccc(N)cn2)n(CC)n1. The summed E-state index contributed by atoms with van der Waals surface area (Å²) in [5.41, 5.74) is 8.50. The van der Waals surface area contributed by atoms with Crippen LogP contribution in [0.3, 0.4) is 0 Å². The minimum absolute atomic E-state index is 0.0164. The third-order valence-corrected chi connectivity index (χ3v) is 2.99.